The molecule has 4 rings (SSSR count). The first-order valence-electron chi connectivity index (χ1n) is 9.35. The number of aromatic nitrogens is 2. The third kappa shape index (κ3) is 3.74. The summed E-state index contributed by atoms with van der Waals surface area (Å²) in [6.45, 7) is 1.20. The first-order chi connectivity index (χ1) is 14.4. The number of benzene rings is 2. The molecule has 0 unspecified atom stereocenters. The van der Waals surface area contributed by atoms with Gasteiger partial charge in [0.25, 0.3) is 5.91 Å². The van der Waals surface area contributed by atoms with Crippen molar-refractivity contribution in [2.24, 2.45) is 0 Å². The van der Waals surface area contributed by atoms with Gasteiger partial charge in [-0.2, -0.15) is 13.2 Å². The van der Waals surface area contributed by atoms with E-state index >= 15 is 0 Å². The summed E-state index contributed by atoms with van der Waals surface area (Å²) in [6, 6.07) is 11.1. The van der Waals surface area contributed by atoms with Crippen LogP contribution in [-0.4, -0.2) is 46.5 Å². The third-order valence-electron chi connectivity index (χ3n) is 5.05. The zero-order valence-electron chi connectivity index (χ0n) is 15.8. The van der Waals surface area contributed by atoms with Gasteiger partial charge in [0.2, 0.25) is 5.95 Å². The second-order valence-electron chi connectivity index (χ2n) is 6.87. The van der Waals surface area contributed by atoms with E-state index in [1.165, 1.54) is 29.2 Å². The Labute approximate surface area is 170 Å². The molecule has 0 radical (unpaired) electrons. The smallest absolute Gasteiger partial charge is 0.338 e. The fourth-order valence-electron chi connectivity index (χ4n) is 3.56. The number of halogens is 4. The molecular formula is C21H18F4N4O. The molecule has 0 bridgehead atoms. The Hall–Kier alpha value is -3.36. The normalized spacial score (nSPS) is 14.8. The van der Waals surface area contributed by atoms with Crippen LogP contribution in [0.25, 0.3) is 5.69 Å². The molecule has 1 aromatic heterocycles. The Morgan fingerprint density at radius 2 is 1.60 bits per heavy atom. The largest absolute Gasteiger partial charge is 0.417 e. The number of hydrogen-bond acceptors (Lipinski definition) is 3. The molecular weight excluding hydrogens is 400 g/mol. The second kappa shape index (κ2) is 7.81. The van der Waals surface area contributed by atoms with Crippen LogP contribution < -0.4 is 4.90 Å². The summed E-state index contributed by atoms with van der Waals surface area (Å²) >= 11 is 0. The van der Waals surface area contributed by atoms with E-state index in [-0.39, 0.29) is 18.7 Å². The van der Waals surface area contributed by atoms with Crippen molar-refractivity contribution in [3.05, 3.63) is 77.9 Å². The predicted molar refractivity (Wildman–Crippen MR) is 103 cm³/mol. The number of alkyl halides is 3. The number of anilines is 1. The molecule has 2 heterocycles. The summed E-state index contributed by atoms with van der Waals surface area (Å²) < 4.78 is 55.5. The van der Waals surface area contributed by atoms with Crippen molar-refractivity contribution in [1.82, 2.24) is 14.5 Å². The van der Waals surface area contributed by atoms with Gasteiger partial charge < -0.3 is 9.80 Å². The van der Waals surface area contributed by atoms with Gasteiger partial charge in [-0.25, -0.2) is 9.37 Å². The van der Waals surface area contributed by atoms with Crippen molar-refractivity contribution in [1.29, 1.82) is 0 Å². The number of piperazine rings is 1. The number of rotatable bonds is 3. The van der Waals surface area contributed by atoms with Crippen LogP contribution in [-0.2, 0) is 6.18 Å². The van der Waals surface area contributed by atoms with E-state index in [0.29, 0.717) is 24.7 Å². The Kier molecular flexibility index (Phi) is 5.19. The van der Waals surface area contributed by atoms with E-state index < -0.39 is 23.5 Å². The van der Waals surface area contributed by atoms with Gasteiger partial charge in [0, 0.05) is 38.6 Å². The van der Waals surface area contributed by atoms with Crippen molar-refractivity contribution in [2.45, 2.75) is 6.18 Å². The fourth-order valence-corrected chi connectivity index (χ4v) is 3.56. The van der Waals surface area contributed by atoms with E-state index in [9.17, 15) is 22.4 Å². The van der Waals surface area contributed by atoms with Crippen molar-refractivity contribution in [3.8, 4) is 5.69 Å². The zero-order valence-corrected chi connectivity index (χ0v) is 15.8. The molecule has 1 fully saturated rings. The summed E-state index contributed by atoms with van der Waals surface area (Å²) in [5.74, 6) is -0.530. The SMILES string of the molecule is O=C(c1ccccc1C(F)(F)F)N1CCN(c2nccn2-c2ccccc2F)CC1. The van der Waals surface area contributed by atoms with Crippen LogP contribution in [0.1, 0.15) is 15.9 Å². The van der Waals surface area contributed by atoms with E-state index in [4.69, 9.17) is 0 Å². The minimum absolute atomic E-state index is 0.231. The number of para-hydroxylation sites is 1. The summed E-state index contributed by atoms with van der Waals surface area (Å²) in [6.07, 6.45) is -1.40. The highest BCUT2D eigenvalue weighted by molar-refractivity contribution is 5.96. The van der Waals surface area contributed by atoms with Gasteiger partial charge in [-0.3, -0.25) is 9.36 Å². The molecule has 1 saturated heterocycles. The zero-order chi connectivity index (χ0) is 21.3. The number of nitrogens with zero attached hydrogens (tertiary/aromatic N) is 4. The summed E-state index contributed by atoms with van der Waals surface area (Å²) in [4.78, 5) is 20.3. The van der Waals surface area contributed by atoms with Gasteiger partial charge in [-0.15, -0.1) is 0 Å². The quantitative estimate of drug-likeness (QED) is 0.604. The van der Waals surface area contributed by atoms with Gasteiger partial charge in [0.05, 0.1) is 16.8 Å². The molecule has 1 amide bonds. The van der Waals surface area contributed by atoms with Crippen LogP contribution in [0.3, 0.4) is 0 Å². The molecule has 156 valence electrons. The molecule has 3 aromatic rings. The number of carbonyl (C=O) groups excluding carboxylic acids is 1. The molecule has 0 N–H and O–H groups in total. The highest BCUT2D eigenvalue weighted by atomic mass is 19.4. The molecule has 9 heteroatoms. The molecule has 1 aliphatic rings. The van der Waals surface area contributed by atoms with E-state index in [2.05, 4.69) is 4.98 Å². The maximum absolute atomic E-state index is 14.2. The van der Waals surface area contributed by atoms with Crippen LogP contribution in [0, 0.1) is 5.82 Å². The lowest BCUT2D eigenvalue weighted by Gasteiger charge is -2.35. The van der Waals surface area contributed by atoms with E-state index in [0.717, 1.165) is 6.07 Å². The lowest BCUT2D eigenvalue weighted by Crippen LogP contribution is -2.49. The molecule has 1 aliphatic heterocycles. The first kappa shape index (κ1) is 19.9. The van der Waals surface area contributed by atoms with Crippen LogP contribution in [0.15, 0.2) is 60.9 Å². The maximum Gasteiger partial charge on any atom is 0.417 e. The highest BCUT2D eigenvalue weighted by Gasteiger charge is 2.36. The molecule has 2 aromatic carbocycles. The molecule has 5 nitrogen and oxygen atoms in total. The predicted octanol–water partition coefficient (Wildman–Crippen LogP) is 3.99. The Morgan fingerprint density at radius 1 is 0.933 bits per heavy atom. The summed E-state index contributed by atoms with van der Waals surface area (Å²) in [5.41, 5.74) is -0.943. The highest BCUT2D eigenvalue weighted by Crippen LogP contribution is 2.32. The monoisotopic (exact) mass is 418 g/mol. The Balaban J connectivity index is 1.51. The van der Waals surface area contributed by atoms with E-state index in [1.54, 1.807) is 35.2 Å². The average Bonchev–Trinajstić information content (AvgIpc) is 3.23. The number of imidazole rings is 1. The van der Waals surface area contributed by atoms with Gasteiger partial charge in [0.15, 0.2) is 0 Å². The minimum atomic E-state index is -4.60. The lowest BCUT2D eigenvalue weighted by molar-refractivity contribution is -0.138. The van der Waals surface area contributed by atoms with Crippen LogP contribution in [0.4, 0.5) is 23.5 Å². The summed E-state index contributed by atoms with van der Waals surface area (Å²) in [5, 5.41) is 0. The Bertz CT molecular complexity index is 1050. The number of carbonyl (C=O) groups is 1. The fraction of sp³-hybridized carbons (Fsp3) is 0.238. The molecule has 0 saturated carbocycles. The average molecular weight is 418 g/mol. The topological polar surface area (TPSA) is 41.4 Å². The van der Waals surface area contributed by atoms with E-state index in [1.807, 2.05) is 4.90 Å². The van der Waals surface area contributed by atoms with Crippen molar-refractivity contribution in [3.63, 3.8) is 0 Å². The number of hydrogen-bond donors (Lipinski definition) is 0. The van der Waals surface area contributed by atoms with Crippen molar-refractivity contribution >= 4 is 11.9 Å². The Morgan fingerprint density at radius 3 is 2.30 bits per heavy atom. The van der Waals surface area contributed by atoms with Gasteiger partial charge in [0.1, 0.15) is 5.82 Å². The molecule has 0 spiro atoms. The standard InChI is InChI=1S/C21H18F4N4O/c22-17-7-3-4-8-18(17)29-10-9-26-20(29)28-13-11-27(12-14-28)19(30)15-5-1-2-6-16(15)21(23,24)25/h1-10H,11-14H2. The third-order valence-corrected chi connectivity index (χ3v) is 5.05. The molecule has 30 heavy (non-hydrogen) atoms. The first-order valence-corrected chi connectivity index (χ1v) is 9.35. The molecule has 0 aliphatic carbocycles. The lowest BCUT2D eigenvalue weighted by atomic mass is 10.1. The van der Waals surface area contributed by atoms with Gasteiger partial charge >= 0.3 is 6.18 Å². The second-order valence-corrected chi connectivity index (χ2v) is 6.87. The number of amides is 1. The maximum atomic E-state index is 14.2. The van der Waals surface area contributed by atoms with Gasteiger partial charge in [-0.05, 0) is 24.3 Å². The van der Waals surface area contributed by atoms with Gasteiger partial charge in [-0.1, -0.05) is 24.3 Å². The molecule has 0 atom stereocenters. The van der Waals surface area contributed by atoms with Crippen molar-refractivity contribution < 1.29 is 22.4 Å². The van der Waals surface area contributed by atoms with Crippen LogP contribution >= 0.6 is 0 Å². The van der Waals surface area contributed by atoms with Crippen molar-refractivity contribution in [2.75, 3.05) is 31.1 Å². The van der Waals surface area contributed by atoms with Crippen LogP contribution in [0.2, 0.25) is 0 Å². The minimum Gasteiger partial charge on any atom is -0.338 e. The van der Waals surface area contributed by atoms with Crippen LogP contribution in [0.5, 0.6) is 0 Å². The summed E-state index contributed by atoms with van der Waals surface area (Å²) in [7, 11) is 0.